The van der Waals surface area contributed by atoms with E-state index >= 15 is 0 Å². The molecule has 0 saturated heterocycles. The molecule has 0 fully saturated rings. The van der Waals surface area contributed by atoms with E-state index in [4.69, 9.17) is 5.73 Å². The van der Waals surface area contributed by atoms with Crippen molar-refractivity contribution < 1.29 is 0 Å². The first-order chi connectivity index (χ1) is 2.27. The maximum absolute atomic E-state index is 5.22. The summed E-state index contributed by atoms with van der Waals surface area (Å²) in [6, 6.07) is 0.248. The highest BCUT2D eigenvalue weighted by Crippen LogP contribution is 1.75. The molecule has 0 rings (SSSR count). The Bertz CT molecular complexity index is 20.9. The van der Waals surface area contributed by atoms with Gasteiger partial charge in [0.15, 0.2) is 0 Å². The van der Waals surface area contributed by atoms with Crippen LogP contribution in [-0.4, -0.2) is 11.8 Å². The second-order valence-electron chi connectivity index (χ2n) is 1.16. The predicted octanol–water partition coefficient (Wildman–Crippen LogP) is 0.263. The lowest BCUT2D eigenvalue weighted by atomic mass is 10.4. The van der Waals surface area contributed by atoms with E-state index in [1.807, 2.05) is 6.92 Å². The average molecular weight is 91.2 g/mol. The van der Waals surface area contributed by atoms with Gasteiger partial charge in [-0.3, -0.25) is 0 Å². The summed E-state index contributed by atoms with van der Waals surface area (Å²) < 4.78 is 0. The lowest BCUT2D eigenvalue weighted by molar-refractivity contribution is 0.850. The van der Waals surface area contributed by atoms with Gasteiger partial charge in [-0.2, -0.15) is 12.6 Å². The molecule has 0 aliphatic rings. The Kier molecular flexibility index (Phi) is 2.70. The van der Waals surface area contributed by atoms with Gasteiger partial charge < -0.3 is 5.73 Å². The van der Waals surface area contributed by atoms with Crippen molar-refractivity contribution >= 4 is 12.6 Å². The van der Waals surface area contributed by atoms with Crippen molar-refractivity contribution in [2.24, 2.45) is 5.73 Å². The van der Waals surface area contributed by atoms with Gasteiger partial charge in [-0.05, 0) is 6.92 Å². The molecule has 0 aromatic heterocycles. The van der Waals surface area contributed by atoms with Crippen LogP contribution in [0.5, 0.6) is 0 Å². The number of rotatable bonds is 1. The Morgan fingerprint density at radius 2 is 2.20 bits per heavy atom. The summed E-state index contributed by atoms with van der Waals surface area (Å²) in [6.45, 7) is 1.92. The van der Waals surface area contributed by atoms with E-state index in [1.54, 1.807) is 0 Å². The van der Waals surface area contributed by atoms with Gasteiger partial charge in [0.1, 0.15) is 0 Å². The van der Waals surface area contributed by atoms with Crippen molar-refractivity contribution in [2.75, 3.05) is 5.75 Å². The SMILES string of the molecule is C[C@@H](N)CS. The van der Waals surface area contributed by atoms with Crippen LogP contribution in [0, 0.1) is 0 Å². The van der Waals surface area contributed by atoms with Crippen LogP contribution in [0.25, 0.3) is 0 Å². The van der Waals surface area contributed by atoms with E-state index in [9.17, 15) is 0 Å². The van der Waals surface area contributed by atoms with Crippen LogP contribution in [0.1, 0.15) is 6.92 Å². The van der Waals surface area contributed by atoms with Crippen LogP contribution < -0.4 is 5.73 Å². The summed E-state index contributed by atoms with van der Waals surface area (Å²) >= 11 is 3.89. The van der Waals surface area contributed by atoms with Gasteiger partial charge in [-0.25, -0.2) is 0 Å². The van der Waals surface area contributed by atoms with Gasteiger partial charge in [0.2, 0.25) is 0 Å². The third kappa shape index (κ3) is 4.31. The first-order valence-electron chi connectivity index (χ1n) is 1.64. The topological polar surface area (TPSA) is 26.0 Å². The van der Waals surface area contributed by atoms with Crippen molar-refractivity contribution in [3.8, 4) is 0 Å². The highest BCUT2D eigenvalue weighted by molar-refractivity contribution is 7.80. The normalized spacial score (nSPS) is 15.0. The standard InChI is InChI=1S/C3H9NS/c1-3(4)2-5/h3,5H,2,4H2,1H3/t3-/m1/s1. The lowest BCUT2D eigenvalue weighted by Gasteiger charge is -1.91. The minimum absolute atomic E-state index is 0.248. The molecule has 0 spiro atoms. The third-order valence-corrected chi connectivity index (χ3v) is 0.864. The fourth-order valence-electron chi connectivity index (χ4n) is 0. The molecule has 0 bridgehead atoms. The quantitative estimate of drug-likeness (QED) is 0.445. The summed E-state index contributed by atoms with van der Waals surface area (Å²) in [7, 11) is 0. The molecule has 0 amide bonds. The molecule has 5 heavy (non-hydrogen) atoms. The molecule has 2 heteroatoms. The van der Waals surface area contributed by atoms with Gasteiger partial charge in [0, 0.05) is 11.8 Å². The molecule has 1 atom stereocenters. The van der Waals surface area contributed by atoms with Crippen LogP contribution in [0.2, 0.25) is 0 Å². The van der Waals surface area contributed by atoms with Crippen LogP contribution in [0.3, 0.4) is 0 Å². The zero-order valence-corrected chi connectivity index (χ0v) is 4.20. The van der Waals surface area contributed by atoms with Gasteiger partial charge >= 0.3 is 0 Å². The summed E-state index contributed by atoms with van der Waals surface area (Å²) in [5, 5.41) is 0. The summed E-state index contributed by atoms with van der Waals surface area (Å²) in [5.41, 5.74) is 5.22. The van der Waals surface area contributed by atoms with E-state index in [0.717, 1.165) is 5.75 Å². The minimum Gasteiger partial charge on any atom is -0.327 e. The Morgan fingerprint density at radius 1 is 2.00 bits per heavy atom. The predicted molar refractivity (Wildman–Crippen MR) is 27.5 cm³/mol. The fraction of sp³-hybridized carbons (Fsp3) is 1.00. The van der Waals surface area contributed by atoms with Crippen molar-refractivity contribution in [1.29, 1.82) is 0 Å². The Morgan fingerprint density at radius 3 is 2.20 bits per heavy atom. The van der Waals surface area contributed by atoms with E-state index in [2.05, 4.69) is 12.6 Å². The molecule has 2 N–H and O–H groups in total. The zero-order valence-electron chi connectivity index (χ0n) is 3.31. The Labute approximate surface area is 38.0 Å². The van der Waals surface area contributed by atoms with Crippen molar-refractivity contribution in [3.63, 3.8) is 0 Å². The van der Waals surface area contributed by atoms with E-state index in [-0.39, 0.29) is 6.04 Å². The molecule has 0 aromatic carbocycles. The van der Waals surface area contributed by atoms with Crippen LogP contribution in [0.4, 0.5) is 0 Å². The highest BCUT2D eigenvalue weighted by atomic mass is 32.1. The number of hydrogen-bond acceptors (Lipinski definition) is 2. The number of thiol groups is 1. The molecule has 0 aliphatic carbocycles. The molecule has 0 heterocycles. The summed E-state index contributed by atoms with van der Waals surface area (Å²) in [4.78, 5) is 0. The molecule has 1 nitrogen and oxygen atoms in total. The minimum atomic E-state index is 0.248. The molecular formula is C3H9NS. The van der Waals surface area contributed by atoms with Crippen LogP contribution in [-0.2, 0) is 0 Å². The summed E-state index contributed by atoms with van der Waals surface area (Å²) in [6.07, 6.45) is 0. The highest BCUT2D eigenvalue weighted by Gasteiger charge is 1.80. The molecule has 0 unspecified atom stereocenters. The smallest absolute Gasteiger partial charge is 0.00989 e. The largest absolute Gasteiger partial charge is 0.327 e. The Hall–Kier alpha value is 0.310. The van der Waals surface area contributed by atoms with Gasteiger partial charge in [0.05, 0.1) is 0 Å². The number of nitrogens with two attached hydrogens (primary N) is 1. The maximum Gasteiger partial charge on any atom is 0.00989 e. The van der Waals surface area contributed by atoms with Crippen LogP contribution in [0.15, 0.2) is 0 Å². The van der Waals surface area contributed by atoms with Gasteiger partial charge in [0.25, 0.3) is 0 Å². The van der Waals surface area contributed by atoms with Gasteiger partial charge in [-0.15, -0.1) is 0 Å². The first-order valence-corrected chi connectivity index (χ1v) is 2.27. The molecule has 0 radical (unpaired) electrons. The van der Waals surface area contributed by atoms with Crippen molar-refractivity contribution in [3.05, 3.63) is 0 Å². The van der Waals surface area contributed by atoms with E-state index < -0.39 is 0 Å². The molecule has 0 aromatic rings. The van der Waals surface area contributed by atoms with Crippen molar-refractivity contribution in [1.82, 2.24) is 0 Å². The zero-order chi connectivity index (χ0) is 4.28. The van der Waals surface area contributed by atoms with E-state index in [1.165, 1.54) is 0 Å². The monoisotopic (exact) mass is 91.0 g/mol. The Balaban J connectivity index is 2.54. The first kappa shape index (κ1) is 5.31. The average Bonchev–Trinajstić information content (AvgIpc) is 1.38. The van der Waals surface area contributed by atoms with E-state index in [0.29, 0.717) is 0 Å². The molecule has 0 aliphatic heterocycles. The molecule has 32 valence electrons. The third-order valence-electron chi connectivity index (χ3n) is 0.288. The molecular weight excluding hydrogens is 82.1 g/mol. The second-order valence-corrected chi connectivity index (χ2v) is 1.53. The number of hydrogen-bond donors (Lipinski definition) is 2. The fourth-order valence-corrected chi connectivity index (χ4v) is 0. The lowest BCUT2D eigenvalue weighted by Crippen LogP contribution is -2.15. The van der Waals surface area contributed by atoms with Gasteiger partial charge in [-0.1, -0.05) is 0 Å². The maximum atomic E-state index is 5.22. The van der Waals surface area contributed by atoms with Crippen LogP contribution >= 0.6 is 12.6 Å². The summed E-state index contributed by atoms with van der Waals surface area (Å²) in [5.74, 6) is 0.778. The second kappa shape index (κ2) is 2.54. The molecule has 0 saturated carbocycles. The van der Waals surface area contributed by atoms with Crippen molar-refractivity contribution in [2.45, 2.75) is 13.0 Å².